The van der Waals surface area contributed by atoms with E-state index in [1.807, 2.05) is 0 Å². The molecule has 2 unspecified atom stereocenters. The normalized spacial score (nSPS) is 28.8. The molecule has 0 heterocycles. The van der Waals surface area contributed by atoms with Crippen LogP contribution in [0.4, 0.5) is 4.79 Å². The van der Waals surface area contributed by atoms with Gasteiger partial charge in [0.25, 0.3) is 0 Å². The Morgan fingerprint density at radius 1 is 1.22 bits per heavy atom. The minimum atomic E-state index is -0.704. The quantitative estimate of drug-likeness (QED) is 0.755. The summed E-state index contributed by atoms with van der Waals surface area (Å²) >= 11 is 5.31. The second-order valence-electron chi connectivity index (χ2n) is 6.02. The highest BCUT2D eigenvalue weighted by molar-refractivity contribution is 6.61. The van der Waals surface area contributed by atoms with Crippen molar-refractivity contribution < 1.29 is 9.53 Å². The molecule has 2 nitrogen and oxygen atoms in total. The Balaban J connectivity index is 1.76. The maximum Gasteiger partial charge on any atom is 0.404 e. The van der Waals surface area contributed by atoms with Crippen LogP contribution in [0.1, 0.15) is 49.7 Å². The number of ether oxygens (including phenoxy) is 1. The van der Waals surface area contributed by atoms with E-state index in [4.69, 9.17) is 16.3 Å². The van der Waals surface area contributed by atoms with E-state index in [1.54, 1.807) is 0 Å². The molecule has 0 aliphatic heterocycles. The topological polar surface area (TPSA) is 26.3 Å². The van der Waals surface area contributed by atoms with Crippen molar-refractivity contribution in [3.05, 3.63) is 35.4 Å². The van der Waals surface area contributed by atoms with Crippen LogP contribution in [-0.4, -0.2) is 11.5 Å². The van der Waals surface area contributed by atoms with Crippen LogP contribution in [0.15, 0.2) is 24.3 Å². The number of rotatable bonds is 3. The van der Waals surface area contributed by atoms with Crippen molar-refractivity contribution >= 4 is 17.0 Å². The number of carbonyl (C=O) groups is 1. The molecule has 18 heavy (non-hydrogen) atoms. The van der Waals surface area contributed by atoms with Crippen molar-refractivity contribution in [1.29, 1.82) is 0 Å². The van der Waals surface area contributed by atoms with Crippen molar-refractivity contribution in [1.82, 2.24) is 0 Å². The second kappa shape index (κ2) is 3.99. The molecule has 2 saturated carbocycles. The lowest BCUT2D eigenvalue weighted by atomic mass is 10.0. The zero-order valence-corrected chi connectivity index (χ0v) is 11.4. The highest BCUT2D eigenvalue weighted by Crippen LogP contribution is 2.60. The highest BCUT2D eigenvalue weighted by Gasteiger charge is 2.61. The summed E-state index contributed by atoms with van der Waals surface area (Å²) < 4.78 is 5.16. The number of halogens is 1. The molecule has 0 N–H and O–H groups in total. The third kappa shape index (κ3) is 2.03. The van der Waals surface area contributed by atoms with Crippen LogP contribution in [0.5, 0.6) is 0 Å². The maximum atomic E-state index is 10.9. The average Bonchev–Trinajstić information content (AvgIpc) is 3.18. The van der Waals surface area contributed by atoms with E-state index < -0.39 is 5.43 Å². The minimum Gasteiger partial charge on any atom is -0.449 e. The molecule has 0 bridgehead atoms. The Hall–Kier alpha value is -1.02. The summed E-state index contributed by atoms with van der Waals surface area (Å²) in [7, 11) is 0. The monoisotopic (exact) mass is 264 g/mol. The Bertz CT molecular complexity index is 474. The number of carbonyl (C=O) groups excluding carboxylic acids is 1. The van der Waals surface area contributed by atoms with Gasteiger partial charge < -0.3 is 4.74 Å². The first-order chi connectivity index (χ1) is 8.50. The van der Waals surface area contributed by atoms with Gasteiger partial charge in [-0.15, -0.1) is 0 Å². The molecule has 0 saturated heterocycles. The summed E-state index contributed by atoms with van der Waals surface area (Å²) in [4.78, 5) is 10.9. The summed E-state index contributed by atoms with van der Waals surface area (Å²) in [5.74, 6) is 1.05. The predicted octanol–water partition coefficient (Wildman–Crippen LogP) is 4.43. The third-order valence-corrected chi connectivity index (χ3v) is 4.38. The Morgan fingerprint density at radius 2 is 1.78 bits per heavy atom. The molecule has 0 radical (unpaired) electrons. The first kappa shape index (κ1) is 12.0. The van der Waals surface area contributed by atoms with Gasteiger partial charge >= 0.3 is 5.43 Å². The minimum absolute atomic E-state index is 0.00829. The van der Waals surface area contributed by atoms with E-state index in [9.17, 15) is 4.79 Å². The maximum absolute atomic E-state index is 10.9. The van der Waals surface area contributed by atoms with E-state index in [2.05, 4.69) is 38.1 Å². The fraction of sp³-hybridized carbons (Fsp3) is 0.533. The van der Waals surface area contributed by atoms with E-state index in [1.165, 1.54) is 24.0 Å². The zero-order valence-electron chi connectivity index (χ0n) is 10.7. The molecule has 2 fully saturated rings. The lowest BCUT2D eigenvalue weighted by Gasteiger charge is -2.03. The van der Waals surface area contributed by atoms with Crippen LogP contribution < -0.4 is 0 Å². The Kier molecular flexibility index (Phi) is 2.67. The van der Waals surface area contributed by atoms with Gasteiger partial charge in [0.15, 0.2) is 0 Å². The Morgan fingerprint density at radius 3 is 2.28 bits per heavy atom. The average molecular weight is 265 g/mol. The molecular weight excluding hydrogens is 248 g/mol. The van der Waals surface area contributed by atoms with Gasteiger partial charge in [-0.2, -0.15) is 0 Å². The predicted molar refractivity (Wildman–Crippen MR) is 71.1 cm³/mol. The van der Waals surface area contributed by atoms with Crippen molar-refractivity contribution in [3.63, 3.8) is 0 Å². The smallest absolute Gasteiger partial charge is 0.404 e. The zero-order chi connectivity index (χ0) is 12.9. The van der Waals surface area contributed by atoms with Crippen LogP contribution in [-0.2, 0) is 4.74 Å². The number of hydrogen-bond donors (Lipinski definition) is 0. The van der Waals surface area contributed by atoms with Gasteiger partial charge in [0.05, 0.1) is 0 Å². The fourth-order valence-corrected chi connectivity index (χ4v) is 3.00. The summed E-state index contributed by atoms with van der Waals surface area (Å²) in [6.07, 6.45) is 2.55. The van der Waals surface area contributed by atoms with Crippen LogP contribution in [0.2, 0.25) is 0 Å². The molecule has 2 aliphatic carbocycles. The van der Waals surface area contributed by atoms with E-state index in [0.717, 1.165) is 5.92 Å². The summed E-state index contributed by atoms with van der Waals surface area (Å²) in [6.45, 7) is 4.22. The largest absolute Gasteiger partial charge is 0.449 e. The van der Waals surface area contributed by atoms with E-state index >= 15 is 0 Å². The lowest BCUT2D eigenvalue weighted by molar-refractivity contribution is 0.150. The highest BCUT2D eigenvalue weighted by atomic mass is 35.5. The van der Waals surface area contributed by atoms with Gasteiger partial charge in [-0.1, -0.05) is 38.1 Å². The van der Waals surface area contributed by atoms with Gasteiger partial charge in [-0.3, -0.25) is 0 Å². The van der Waals surface area contributed by atoms with Crippen LogP contribution in [0.3, 0.4) is 0 Å². The molecular formula is C15H17ClO2. The van der Waals surface area contributed by atoms with Crippen molar-refractivity contribution in [2.75, 3.05) is 0 Å². The van der Waals surface area contributed by atoms with Gasteiger partial charge in [0.2, 0.25) is 0 Å². The van der Waals surface area contributed by atoms with Crippen molar-refractivity contribution in [2.24, 2.45) is 5.41 Å². The SMILES string of the molecule is CC1(C)C(OC(=O)Cl)C1c1ccc(C2CC2)cc1. The van der Waals surface area contributed by atoms with Gasteiger partial charge in [-0.05, 0) is 29.9 Å². The lowest BCUT2D eigenvalue weighted by Crippen LogP contribution is -2.03. The summed E-state index contributed by atoms with van der Waals surface area (Å²) in [5.41, 5.74) is 1.96. The van der Waals surface area contributed by atoms with Crippen LogP contribution >= 0.6 is 11.6 Å². The van der Waals surface area contributed by atoms with Crippen molar-refractivity contribution in [3.8, 4) is 0 Å². The molecule has 1 aromatic rings. The molecule has 0 spiro atoms. The fourth-order valence-electron chi connectivity index (χ4n) is 2.91. The Labute approximate surface area is 112 Å². The molecule has 0 amide bonds. The first-order valence-electron chi connectivity index (χ1n) is 6.46. The van der Waals surface area contributed by atoms with Crippen LogP contribution in [0, 0.1) is 5.41 Å². The molecule has 3 heteroatoms. The summed E-state index contributed by atoms with van der Waals surface area (Å²) in [5, 5.41) is 0. The van der Waals surface area contributed by atoms with Gasteiger partial charge in [0.1, 0.15) is 6.10 Å². The molecule has 3 rings (SSSR count). The molecule has 2 atom stereocenters. The van der Waals surface area contributed by atoms with Gasteiger partial charge in [0, 0.05) is 22.9 Å². The van der Waals surface area contributed by atoms with Crippen molar-refractivity contribution in [2.45, 2.75) is 44.6 Å². The molecule has 96 valence electrons. The van der Waals surface area contributed by atoms with E-state index in [0.29, 0.717) is 0 Å². The standard InChI is InChI=1S/C15H17ClO2/c1-15(2)12(13(15)18-14(16)17)11-7-5-10(6-8-11)9-3-4-9/h5-9,12-13H,3-4H2,1-2H3. The summed E-state index contributed by atoms with van der Waals surface area (Å²) in [6, 6.07) is 8.76. The molecule has 0 aromatic heterocycles. The van der Waals surface area contributed by atoms with Crippen LogP contribution in [0.25, 0.3) is 0 Å². The van der Waals surface area contributed by atoms with Gasteiger partial charge in [-0.25, -0.2) is 4.79 Å². The van der Waals surface area contributed by atoms with E-state index in [-0.39, 0.29) is 17.4 Å². The first-order valence-corrected chi connectivity index (χ1v) is 6.84. The third-order valence-electron chi connectivity index (χ3n) is 4.29. The number of hydrogen-bond acceptors (Lipinski definition) is 2. The second-order valence-corrected chi connectivity index (χ2v) is 6.32. The molecule has 2 aliphatic rings. The molecule has 1 aromatic carbocycles. The number of benzene rings is 1.